The minimum absolute atomic E-state index is 0.365. The summed E-state index contributed by atoms with van der Waals surface area (Å²) in [5.74, 6) is 3.63. The fourth-order valence-corrected chi connectivity index (χ4v) is 6.47. The maximum atomic E-state index is 12.6. The van der Waals surface area contributed by atoms with Gasteiger partial charge in [-0.15, -0.1) is 0 Å². The predicted octanol–water partition coefficient (Wildman–Crippen LogP) is 12.1. The molecule has 1 saturated carbocycles. The van der Waals surface area contributed by atoms with Crippen molar-refractivity contribution in [3.05, 3.63) is 54.1 Å². The van der Waals surface area contributed by atoms with Crippen LogP contribution in [0.25, 0.3) is 0 Å². The van der Waals surface area contributed by atoms with Crippen molar-refractivity contribution < 1.29 is 19.0 Å². The zero-order valence-corrected chi connectivity index (χ0v) is 28.2. The lowest BCUT2D eigenvalue weighted by Crippen LogP contribution is -2.15. The first-order valence-corrected chi connectivity index (χ1v) is 18.4. The maximum Gasteiger partial charge on any atom is 0.343 e. The zero-order chi connectivity index (χ0) is 31.1. The number of carbonyl (C=O) groups is 1. The number of hydrogen-bond acceptors (Lipinski definition) is 4. The van der Waals surface area contributed by atoms with E-state index in [0.717, 1.165) is 42.8 Å². The van der Waals surface area contributed by atoms with Gasteiger partial charge < -0.3 is 14.2 Å². The normalized spacial score (nSPS) is 16.5. The van der Waals surface area contributed by atoms with E-state index in [2.05, 4.69) is 13.8 Å². The highest BCUT2D eigenvalue weighted by Crippen LogP contribution is 2.34. The second-order valence-corrected chi connectivity index (χ2v) is 13.1. The third-order valence-electron chi connectivity index (χ3n) is 9.35. The highest BCUT2D eigenvalue weighted by molar-refractivity contribution is 5.91. The van der Waals surface area contributed by atoms with Crippen molar-refractivity contribution in [2.24, 2.45) is 11.8 Å². The van der Waals surface area contributed by atoms with E-state index in [1.165, 1.54) is 122 Å². The van der Waals surface area contributed by atoms with E-state index < -0.39 is 0 Å². The Kier molecular flexibility index (Phi) is 18.8. The highest BCUT2D eigenvalue weighted by Gasteiger charge is 2.20. The van der Waals surface area contributed by atoms with E-state index in [0.29, 0.717) is 17.9 Å². The van der Waals surface area contributed by atoms with Crippen molar-refractivity contribution in [1.82, 2.24) is 0 Å². The van der Waals surface area contributed by atoms with Gasteiger partial charge in [0.15, 0.2) is 0 Å². The number of hydrogen-bond donors (Lipinski definition) is 0. The van der Waals surface area contributed by atoms with Crippen LogP contribution in [0, 0.1) is 11.8 Å². The quantitative estimate of drug-likeness (QED) is 0.0677. The molecule has 0 aromatic heterocycles. The molecule has 0 radical (unpaired) electrons. The van der Waals surface area contributed by atoms with Gasteiger partial charge in [-0.2, -0.15) is 0 Å². The molecule has 0 bridgehead atoms. The summed E-state index contributed by atoms with van der Waals surface area (Å²) in [4.78, 5) is 12.6. The molecular formula is C40H62O4. The van der Waals surface area contributed by atoms with Crippen molar-refractivity contribution in [1.29, 1.82) is 0 Å². The molecular weight excluding hydrogens is 544 g/mol. The average molecular weight is 607 g/mol. The molecule has 246 valence electrons. The third kappa shape index (κ3) is 15.5. The Morgan fingerprint density at radius 1 is 0.523 bits per heavy atom. The summed E-state index contributed by atoms with van der Waals surface area (Å²) in [7, 11) is 0. The van der Waals surface area contributed by atoms with E-state index in [4.69, 9.17) is 14.2 Å². The second-order valence-electron chi connectivity index (χ2n) is 13.1. The molecule has 1 aliphatic carbocycles. The van der Waals surface area contributed by atoms with Gasteiger partial charge in [-0.1, -0.05) is 129 Å². The summed E-state index contributed by atoms with van der Waals surface area (Å²) in [5.41, 5.74) is 0.516. The first-order chi connectivity index (χ1) is 21.7. The van der Waals surface area contributed by atoms with Crippen LogP contribution in [0.1, 0.15) is 159 Å². The molecule has 0 heterocycles. The maximum absolute atomic E-state index is 12.6. The van der Waals surface area contributed by atoms with Crippen molar-refractivity contribution in [3.8, 4) is 17.2 Å². The van der Waals surface area contributed by atoms with Gasteiger partial charge in [0, 0.05) is 0 Å². The van der Waals surface area contributed by atoms with Gasteiger partial charge in [-0.3, -0.25) is 0 Å². The Labute approximate surface area is 269 Å². The summed E-state index contributed by atoms with van der Waals surface area (Å²) in [6.07, 6.45) is 28.2. The number of carbonyl (C=O) groups excluding carboxylic acids is 1. The Morgan fingerprint density at radius 2 is 0.932 bits per heavy atom. The largest absolute Gasteiger partial charge is 0.494 e. The third-order valence-corrected chi connectivity index (χ3v) is 9.35. The lowest BCUT2D eigenvalue weighted by Gasteiger charge is -2.28. The van der Waals surface area contributed by atoms with Gasteiger partial charge in [-0.05, 0) is 79.6 Å². The molecule has 0 saturated heterocycles. The van der Waals surface area contributed by atoms with Crippen molar-refractivity contribution in [3.63, 3.8) is 0 Å². The summed E-state index contributed by atoms with van der Waals surface area (Å²) in [5, 5.41) is 0. The van der Waals surface area contributed by atoms with Gasteiger partial charge in [0.25, 0.3) is 0 Å². The molecule has 2 aromatic carbocycles. The van der Waals surface area contributed by atoms with Crippen LogP contribution in [0.3, 0.4) is 0 Å². The van der Waals surface area contributed by atoms with E-state index >= 15 is 0 Å². The number of ether oxygens (including phenoxy) is 3. The highest BCUT2D eigenvalue weighted by atomic mass is 16.5. The van der Waals surface area contributed by atoms with Gasteiger partial charge >= 0.3 is 5.97 Å². The molecule has 4 nitrogen and oxygen atoms in total. The van der Waals surface area contributed by atoms with Crippen LogP contribution >= 0.6 is 0 Å². The average Bonchev–Trinajstić information content (AvgIpc) is 3.05. The molecule has 0 atom stereocenters. The SMILES string of the molecule is CCCCCCCCCCCOc1ccc(C(=O)Oc2ccc(OCCC[C@H]3CC[C@H](CCCCCCC)CC3)cc2)cc1. The Balaban J connectivity index is 1.22. The summed E-state index contributed by atoms with van der Waals surface area (Å²) in [6, 6.07) is 14.6. The number of esters is 1. The van der Waals surface area contributed by atoms with Crippen LogP contribution in [0.5, 0.6) is 17.2 Å². The zero-order valence-electron chi connectivity index (χ0n) is 28.2. The fraction of sp³-hybridized carbons (Fsp3) is 0.675. The lowest BCUT2D eigenvalue weighted by molar-refractivity contribution is 0.0734. The molecule has 1 aliphatic rings. The molecule has 1 fully saturated rings. The standard InChI is InChI=1S/C40H62O4/c1-3-5-7-9-10-11-12-14-16-32-42-37-26-24-36(25-27-37)40(41)44-39-30-28-38(29-31-39)43-33-17-19-35-22-20-34(21-23-35)18-15-13-8-6-4-2/h24-31,34-35H,3-23,32-33H2,1-2H3/t34-,35-. The first kappa shape index (κ1) is 36.0. The van der Waals surface area contributed by atoms with E-state index in [9.17, 15) is 4.79 Å². The van der Waals surface area contributed by atoms with Crippen molar-refractivity contribution in [2.45, 2.75) is 149 Å². The van der Waals surface area contributed by atoms with E-state index in [-0.39, 0.29) is 5.97 Å². The van der Waals surface area contributed by atoms with Gasteiger partial charge in [-0.25, -0.2) is 4.79 Å². The van der Waals surface area contributed by atoms with Crippen LogP contribution in [-0.4, -0.2) is 19.2 Å². The second kappa shape index (κ2) is 22.9. The molecule has 2 aromatic rings. The number of benzene rings is 2. The van der Waals surface area contributed by atoms with Crippen LogP contribution in [0.4, 0.5) is 0 Å². The van der Waals surface area contributed by atoms with Crippen molar-refractivity contribution in [2.75, 3.05) is 13.2 Å². The predicted molar refractivity (Wildman–Crippen MR) is 184 cm³/mol. The van der Waals surface area contributed by atoms with Gasteiger partial charge in [0.05, 0.1) is 18.8 Å². The van der Waals surface area contributed by atoms with Crippen molar-refractivity contribution >= 4 is 5.97 Å². The molecule has 0 amide bonds. The topological polar surface area (TPSA) is 44.8 Å². The first-order valence-electron chi connectivity index (χ1n) is 18.4. The molecule has 0 N–H and O–H groups in total. The minimum atomic E-state index is -0.365. The summed E-state index contributed by atoms with van der Waals surface area (Å²) in [6.45, 7) is 6.01. The molecule has 0 aliphatic heterocycles. The number of unbranched alkanes of at least 4 members (excludes halogenated alkanes) is 12. The Morgan fingerprint density at radius 3 is 1.48 bits per heavy atom. The fourth-order valence-electron chi connectivity index (χ4n) is 6.47. The summed E-state index contributed by atoms with van der Waals surface area (Å²) < 4.78 is 17.4. The van der Waals surface area contributed by atoms with E-state index in [1.54, 1.807) is 24.3 Å². The molecule has 0 spiro atoms. The molecule has 3 rings (SSSR count). The monoisotopic (exact) mass is 606 g/mol. The molecule has 0 unspecified atom stereocenters. The Bertz CT molecular complexity index is 975. The van der Waals surface area contributed by atoms with E-state index in [1.807, 2.05) is 24.3 Å². The lowest BCUT2D eigenvalue weighted by atomic mass is 9.78. The molecule has 44 heavy (non-hydrogen) atoms. The van der Waals surface area contributed by atoms with Crippen LogP contribution in [0.15, 0.2) is 48.5 Å². The van der Waals surface area contributed by atoms with Crippen LogP contribution in [-0.2, 0) is 0 Å². The van der Waals surface area contributed by atoms with Crippen LogP contribution < -0.4 is 14.2 Å². The number of rotatable bonds is 24. The molecule has 4 heteroatoms. The summed E-state index contributed by atoms with van der Waals surface area (Å²) >= 11 is 0. The minimum Gasteiger partial charge on any atom is -0.494 e. The van der Waals surface area contributed by atoms with Gasteiger partial charge in [0.1, 0.15) is 17.2 Å². The Hall–Kier alpha value is -2.49. The smallest absolute Gasteiger partial charge is 0.343 e. The van der Waals surface area contributed by atoms with Gasteiger partial charge in [0.2, 0.25) is 0 Å². The van der Waals surface area contributed by atoms with Crippen LogP contribution in [0.2, 0.25) is 0 Å².